The van der Waals surface area contributed by atoms with Crippen LogP contribution in [0.3, 0.4) is 0 Å². The molecule has 1 aliphatic heterocycles. The predicted octanol–water partition coefficient (Wildman–Crippen LogP) is 1.96. The summed E-state index contributed by atoms with van der Waals surface area (Å²) in [6.07, 6.45) is 4.75. The molecule has 2 heterocycles. The van der Waals surface area contributed by atoms with Gasteiger partial charge in [0.2, 0.25) is 0 Å². The third-order valence-electron chi connectivity index (χ3n) is 5.83. The van der Waals surface area contributed by atoms with E-state index in [-0.39, 0.29) is 0 Å². The lowest BCUT2D eigenvalue weighted by atomic mass is 10.1. The minimum absolute atomic E-state index is 0.408. The second kappa shape index (κ2) is 7.66. The number of fused-ring (bicyclic) bond motifs is 1. The first-order valence-electron chi connectivity index (χ1n) is 9.61. The molecule has 1 fully saturated rings. The maximum atomic E-state index is 12.0. The molecule has 2 aliphatic rings. The first kappa shape index (κ1) is 17.9. The van der Waals surface area contributed by atoms with E-state index in [1.165, 1.54) is 11.1 Å². The van der Waals surface area contributed by atoms with Crippen LogP contribution in [0.5, 0.6) is 0 Å². The largest absolute Gasteiger partial charge is 0.480 e. The van der Waals surface area contributed by atoms with Crippen LogP contribution >= 0.6 is 0 Å². The zero-order chi connectivity index (χ0) is 18.8. The summed E-state index contributed by atoms with van der Waals surface area (Å²) in [5, 5.41) is 9.82. The molecule has 0 amide bonds. The molecule has 142 valence electrons. The summed E-state index contributed by atoms with van der Waals surface area (Å²) in [6, 6.07) is 12.0. The molecule has 0 unspecified atom stereocenters. The summed E-state index contributed by atoms with van der Waals surface area (Å²) in [4.78, 5) is 20.7. The predicted molar refractivity (Wildman–Crippen MR) is 104 cm³/mol. The molecule has 1 atom stereocenters. The summed E-state index contributed by atoms with van der Waals surface area (Å²) in [5.41, 5.74) is 9.26. The van der Waals surface area contributed by atoms with Gasteiger partial charge in [0.25, 0.3) is 0 Å². The quantitative estimate of drug-likeness (QED) is 0.861. The number of nitrogen functional groups attached to an aromatic ring is 1. The number of aromatic nitrogens is 1. The summed E-state index contributed by atoms with van der Waals surface area (Å²) >= 11 is 0. The maximum absolute atomic E-state index is 12.0. The van der Waals surface area contributed by atoms with E-state index in [0.717, 1.165) is 45.4 Å². The maximum Gasteiger partial charge on any atom is 0.325 e. The molecule has 27 heavy (non-hydrogen) atoms. The summed E-state index contributed by atoms with van der Waals surface area (Å²) < 4.78 is 0. The van der Waals surface area contributed by atoms with Crippen LogP contribution in [0.1, 0.15) is 29.2 Å². The molecule has 0 saturated carbocycles. The fourth-order valence-corrected chi connectivity index (χ4v) is 4.46. The van der Waals surface area contributed by atoms with E-state index in [2.05, 4.69) is 39.0 Å². The summed E-state index contributed by atoms with van der Waals surface area (Å²) in [7, 11) is 0. The van der Waals surface area contributed by atoms with Crippen molar-refractivity contribution in [1.82, 2.24) is 14.8 Å². The number of nitrogens with zero attached hydrogens (tertiary/aromatic N) is 3. The van der Waals surface area contributed by atoms with Crippen LogP contribution in [0.2, 0.25) is 0 Å². The number of nitrogens with two attached hydrogens (primary N) is 1. The Kier molecular flexibility index (Phi) is 5.09. The van der Waals surface area contributed by atoms with Crippen molar-refractivity contribution >= 4 is 11.8 Å². The minimum Gasteiger partial charge on any atom is -0.480 e. The molecule has 6 nitrogen and oxygen atoms in total. The lowest BCUT2D eigenvalue weighted by molar-refractivity contribution is -0.143. The van der Waals surface area contributed by atoms with E-state index >= 15 is 0 Å². The molecule has 4 rings (SSSR count). The summed E-state index contributed by atoms with van der Waals surface area (Å²) in [5.74, 6) is -0.422. The highest BCUT2D eigenvalue weighted by Gasteiger charge is 2.32. The van der Waals surface area contributed by atoms with E-state index < -0.39 is 12.0 Å². The number of hydrogen-bond donors (Lipinski definition) is 2. The lowest BCUT2D eigenvalue weighted by Crippen LogP contribution is -2.40. The highest BCUT2D eigenvalue weighted by molar-refractivity contribution is 5.75. The molecule has 0 radical (unpaired) electrons. The molecular weight excluding hydrogens is 340 g/mol. The van der Waals surface area contributed by atoms with Crippen LogP contribution in [0.4, 0.5) is 5.82 Å². The van der Waals surface area contributed by atoms with E-state index in [9.17, 15) is 9.90 Å². The second-order valence-electron chi connectivity index (χ2n) is 7.51. The molecule has 6 heteroatoms. The van der Waals surface area contributed by atoms with E-state index in [4.69, 9.17) is 5.73 Å². The number of benzene rings is 1. The molecule has 1 aromatic heterocycles. The van der Waals surface area contributed by atoms with Crippen LogP contribution in [-0.4, -0.2) is 58.1 Å². The Labute approximate surface area is 159 Å². The van der Waals surface area contributed by atoms with Crippen molar-refractivity contribution in [2.24, 2.45) is 0 Å². The van der Waals surface area contributed by atoms with Crippen LogP contribution in [0, 0.1) is 0 Å². The van der Waals surface area contributed by atoms with Crippen molar-refractivity contribution in [3.05, 3.63) is 59.3 Å². The van der Waals surface area contributed by atoms with Gasteiger partial charge in [0.15, 0.2) is 0 Å². The zero-order valence-electron chi connectivity index (χ0n) is 15.4. The smallest absolute Gasteiger partial charge is 0.325 e. The molecule has 1 saturated heterocycles. The Morgan fingerprint density at radius 2 is 1.81 bits per heavy atom. The van der Waals surface area contributed by atoms with Crippen molar-refractivity contribution in [2.45, 2.75) is 31.3 Å². The van der Waals surface area contributed by atoms with Crippen molar-refractivity contribution in [3.8, 4) is 0 Å². The van der Waals surface area contributed by atoms with E-state index in [1.807, 2.05) is 0 Å². The number of carboxylic acid groups (broad SMARTS) is 1. The van der Waals surface area contributed by atoms with Crippen molar-refractivity contribution in [2.75, 3.05) is 31.9 Å². The Morgan fingerprint density at radius 1 is 1.07 bits per heavy atom. The monoisotopic (exact) mass is 366 g/mol. The topological polar surface area (TPSA) is 82.7 Å². The van der Waals surface area contributed by atoms with Gasteiger partial charge in [-0.2, -0.15) is 0 Å². The zero-order valence-corrected chi connectivity index (χ0v) is 15.4. The van der Waals surface area contributed by atoms with Gasteiger partial charge >= 0.3 is 5.97 Å². The Bertz CT molecular complexity index is 783. The van der Waals surface area contributed by atoms with Gasteiger partial charge in [0.05, 0.1) is 0 Å². The van der Waals surface area contributed by atoms with E-state index in [1.54, 1.807) is 18.3 Å². The Morgan fingerprint density at radius 3 is 2.44 bits per heavy atom. The van der Waals surface area contributed by atoms with Crippen LogP contribution < -0.4 is 5.73 Å². The minimum atomic E-state index is -0.830. The fourth-order valence-electron chi connectivity index (χ4n) is 4.46. The standard InChI is InChI=1S/C21H26N4O2/c22-19-7-6-17(14-23-19)20(21(26)27)25-9-3-8-24(10-11-25)18-12-15-4-1-2-5-16(15)13-18/h1-2,4-7,14,18,20H,3,8-13H2,(H2,22,23)(H,26,27)/t20-/m0/s1. The molecular formula is C21H26N4O2. The third kappa shape index (κ3) is 3.82. The van der Waals surface area contributed by atoms with Gasteiger partial charge in [0.1, 0.15) is 11.9 Å². The number of hydrogen-bond acceptors (Lipinski definition) is 5. The van der Waals surface area contributed by atoms with Gasteiger partial charge in [-0.15, -0.1) is 0 Å². The molecule has 0 spiro atoms. The van der Waals surface area contributed by atoms with Crippen molar-refractivity contribution in [3.63, 3.8) is 0 Å². The molecule has 1 aromatic carbocycles. The average Bonchev–Trinajstić information content (AvgIpc) is 2.95. The van der Waals surface area contributed by atoms with Crippen molar-refractivity contribution < 1.29 is 9.90 Å². The van der Waals surface area contributed by atoms with Crippen LogP contribution in [-0.2, 0) is 17.6 Å². The molecule has 3 N–H and O–H groups in total. The average molecular weight is 366 g/mol. The number of carboxylic acids is 1. The first-order chi connectivity index (χ1) is 13.1. The highest BCUT2D eigenvalue weighted by Crippen LogP contribution is 2.28. The highest BCUT2D eigenvalue weighted by atomic mass is 16.4. The van der Waals surface area contributed by atoms with Crippen LogP contribution in [0.25, 0.3) is 0 Å². The van der Waals surface area contributed by atoms with E-state index in [0.29, 0.717) is 17.4 Å². The first-order valence-corrected chi connectivity index (χ1v) is 9.61. The summed E-state index contributed by atoms with van der Waals surface area (Å²) in [6.45, 7) is 3.43. The van der Waals surface area contributed by atoms with Crippen LogP contribution in [0.15, 0.2) is 42.6 Å². The van der Waals surface area contributed by atoms with Gasteiger partial charge in [-0.3, -0.25) is 14.6 Å². The SMILES string of the molecule is Nc1ccc([C@@H](C(=O)O)N2CCCN(C3Cc4ccccc4C3)CC2)cn1. The Balaban J connectivity index is 1.44. The van der Waals surface area contributed by atoms with Crippen molar-refractivity contribution in [1.29, 1.82) is 0 Å². The van der Waals surface area contributed by atoms with Gasteiger partial charge in [-0.25, -0.2) is 4.98 Å². The normalized spacial score (nSPS) is 20.1. The molecule has 2 aromatic rings. The fraction of sp³-hybridized carbons (Fsp3) is 0.429. The Hall–Kier alpha value is -2.44. The third-order valence-corrected chi connectivity index (χ3v) is 5.83. The van der Waals surface area contributed by atoms with Gasteiger partial charge < -0.3 is 10.8 Å². The number of carbonyl (C=O) groups is 1. The second-order valence-corrected chi connectivity index (χ2v) is 7.51. The number of rotatable bonds is 4. The van der Waals surface area contributed by atoms with Gasteiger partial charge in [-0.1, -0.05) is 30.3 Å². The molecule has 0 bridgehead atoms. The number of anilines is 1. The van der Waals surface area contributed by atoms with Gasteiger partial charge in [-0.05, 0) is 48.6 Å². The molecule has 1 aliphatic carbocycles. The van der Waals surface area contributed by atoms with Gasteiger partial charge in [0, 0.05) is 31.9 Å². The number of aliphatic carboxylic acids is 1. The number of pyridine rings is 1. The lowest BCUT2D eigenvalue weighted by Gasteiger charge is -2.29.